The van der Waals surface area contributed by atoms with Crippen LogP contribution in [0.25, 0.3) is 27.6 Å². The van der Waals surface area contributed by atoms with Crippen LogP contribution < -0.4 is 9.80 Å². The largest absolute Gasteiger partial charge is 0.321 e. The van der Waals surface area contributed by atoms with Gasteiger partial charge in [0.15, 0.2) is 0 Å². The highest BCUT2D eigenvalue weighted by molar-refractivity contribution is 6.09. The molecule has 0 aliphatic carbocycles. The Morgan fingerprint density at radius 1 is 0.625 bits per heavy atom. The fourth-order valence-corrected chi connectivity index (χ4v) is 7.68. The molecule has 0 bridgehead atoms. The van der Waals surface area contributed by atoms with Crippen molar-refractivity contribution in [3.05, 3.63) is 155 Å². The monoisotopic (exact) mass is 626 g/mol. The van der Waals surface area contributed by atoms with Crippen LogP contribution in [0.5, 0.6) is 0 Å². The summed E-state index contributed by atoms with van der Waals surface area (Å²) in [6.07, 6.45) is 2.71. The molecule has 7 aromatic rings. The van der Waals surface area contributed by atoms with Crippen LogP contribution in [0.4, 0.5) is 22.7 Å². The number of aryl methyl sites for hydroxylation is 3. The van der Waals surface area contributed by atoms with E-state index in [1.54, 1.807) is 0 Å². The maximum Gasteiger partial charge on any atom is 0.137 e. The van der Waals surface area contributed by atoms with Crippen LogP contribution in [0.15, 0.2) is 121 Å². The maximum atomic E-state index is 4.74. The number of nitrogens with zero attached hydrogens (tertiary/aromatic N) is 4. The van der Waals surface area contributed by atoms with Gasteiger partial charge in [0.1, 0.15) is 12.5 Å². The summed E-state index contributed by atoms with van der Waals surface area (Å²) in [5.74, 6) is 0.939. The lowest BCUT2D eigenvalue weighted by molar-refractivity contribution is 0.589. The fourth-order valence-electron chi connectivity index (χ4n) is 7.68. The van der Waals surface area contributed by atoms with Gasteiger partial charge in [0, 0.05) is 28.3 Å². The van der Waals surface area contributed by atoms with Gasteiger partial charge < -0.3 is 9.80 Å². The fraction of sp³-hybridized carbons (Fsp3) is 0.205. The molecule has 238 valence electrons. The zero-order chi connectivity index (χ0) is 33.2. The van der Waals surface area contributed by atoms with Crippen LogP contribution in [0.3, 0.4) is 0 Å². The molecule has 3 heterocycles. The highest BCUT2D eigenvalue weighted by atomic mass is 15.4. The number of rotatable bonds is 5. The highest BCUT2D eigenvalue weighted by Crippen LogP contribution is 2.47. The van der Waals surface area contributed by atoms with Crippen LogP contribution in [0, 0.1) is 20.8 Å². The second kappa shape index (κ2) is 11.4. The lowest BCUT2D eigenvalue weighted by atomic mass is 9.85. The van der Waals surface area contributed by atoms with E-state index in [4.69, 9.17) is 4.98 Å². The second-order valence-electron chi connectivity index (χ2n) is 14.4. The molecule has 4 nitrogen and oxygen atoms in total. The average molecular weight is 627 g/mol. The lowest BCUT2D eigenvalue weighted by Crippen LogP contribution is -2.25. The Balaban J connectivity index is 1.23. The van der Waals surface area contributed by atoms with Gasteiger partial charge in [-0.05, 0) is 109 Å². The molecule has 0 unspecified atom stereocenters. The van der Waals surface area contributed by atoms with Gasteiger partial charge in [0.2, 0.25) is 0 Å². The number of anilines is 4. The molecule has 0 atom stereocenters. The van der Waals surface area contributed by atoms with Crippen LogP contribution in [0.1, 0.15) is 54.2 Å². The third kappa shape index (κ3) is 5.13. The van der Waals surface area contributed by atoms with Crippen LogP contribution in [-0.4, -0.2) is 16.2 Å². The summed E-state index contributed by atoms with van der Waals surface area (Å²) < 4.78 is 2.30. The minimum atomic E-state index is 0.00315. The molecule has 0 amide bonds. The van der Waals surface area contributed by atoms with Crippen molar-refractivity contribution in [3.63, 3.8) is 0 Å². The minimum Gasteiger partial charge on any atom is -0.321 e. The molecule has 0 saturated carbocycles. The second-order valence-corrected chi connectivity index (χ2v) is 14.4. The van der Waals surface area contributed by atoms with Crippen molar-refractivity contribution in [2.75, 3.05) is 16.5 Å². The SMILES string of the molecule is Cc1cc(C)c(N2CN(c3cc(Cc4ccc5c6ccccc6n(-c6ccccn6)c5c4)cc(C(C)(C)C)c3)c3ccccc32)c(C)c1. The average Bonchev–Trinajstić information content (AvgIpc) is 3.60. The Morgan fingerprint density at radius 2 is 1.31 bits per heavy atom. The van der Waals surface area contributed by atoms with Crippen molar-refractivity contribution in [2.24, 2.45) is 0 Å². The van der Waals surface area contributed by atoms with Gasteiger partial charge in [0.25, 0.3) is 0 Å². The first-order chi connectivity index (χ1) is 23.2. The summed E-state index contributed by atoms with van der Waals surface area (Å²) in [7, 11) is 0. The standard InChI is InChI=1S/C44H42N4/c1-29-21-30(2)43(31(3)22-29)47-28-46(39-15-9-10-16-40(39)47)35-25-33(24-34(27-35)44(4,5)6)23-32-18-19-37-36-13-7-8-14-38(36)48(41(37)26-32)42-17-11-12-20-45-42/h7-22,24-27H,23,28H2,1-6H3. The molecule has 8 rings (SSSR count). The van der Waals surface area contributed by atoms with E-state index in [2.05, 4.69) is 165 Å². The molecule has 0 saturated heterocycles. The first-order valence-corrected chi connectivity index (χ1v) is 17.0. The topological polar surface area (TPSA) is 24.3 Å². The number of benzene rings is 5. The third-order valence-electron chi connectivity index (χ3n) is 9.83. The van der Waals surface area contributed by atoms with Gasteiger partial charge in [-0.3, -0.25) is 4.57 Å². The number of hydrogen-bond donors (Lipinski definition) is 0. The number of fused-ring (bicyclic) bond motifs is 4. The number of para-hydroxylation sites is 3. The maximum absolute atomic E-state index is 4.74. The van der Waals surface area contributed by atoms with Crippen molar-refractivity contribution in [2.45, 2.75) is 53.4 Å². The summed E-state index contributed by atoms with van der Waals surface area (Å²) >= 11 is 0. The minimum absolute atomic E-state index is 0.00315. The van der Waals surface area contributed by atoms with E-state index in [9.17, 15) is 0 Å². The number of hydrogen-bond acceptors (Lipinski definition) is 3. The van der Waals surface area contributed by atoms with Gasteiger partial charge in [-0.15, -0.1) is 0 Å². The number of pyridine rings is 1. The van der Waals surface area contributed by atoms with Gasteiger partial charge in [0.05, 0.1) is 22.4 Å². The Labute approximate surface area is 283 Å². The zero-order valence-corrected chi connectivity index (χ0v) is 28.8. The summed E-state index contributed by atoms with van der Waals surface area (Å²) in [6.45, 7) is 14.4. The van der Waals surface area contributed by atoms with E-state index in [0.717, 1.165) is 18.9 Å². The molecule has 0 spiro atoms. The van der Waals surface area contributed by atoms with Crippen molar-refractivity contribution >= 4 is 44.6 Å². The van der Waals surface area contributed by atoms with Crippen LogP contribution in [-0.2, 0) is 11.8 Å². The summed E-state index contributed by atoms with van der Waals surface area (Å²) in [5, 5.41) is 2.50. The first-order valence-electron chi connectivity index (χ1n) is 17.0. The van der Waals surface area contributed by atoms with Crippen molar-refractivity contribution in [1.82, 2.24) is 9.55 Å². The quantitative estimate of drug-likeness (QED) is 0.190. The Bertz CT molecular complexity index is 2300. The van der Waals surface area contributed by atoms with E-state index in [0.29, 0.717) is 0 Å². The van der Waals surface area contributed by atoms with E-state index < -0.39 is 0 Å². The van der Waals surface area contributed by atoms with Crippen molar-refractivity contribution in [1.29, 1.82) is 0 Å². The molecule has 1 aliphatic heterocycles. The molecule has 0 N–H and O–H groups in total. The Kier molecular flexibility index (Phi) is 7.14. The first kappa shape index (κ1) is 30.0. The molecule has 1 aliphatic rings. The Morgan fingerprint density at radius 3 is 2.04 bits per heavy atom. The van der Waals surface area contributed by atoms with Gasteiger partial charge in [-0.2, -0.15) is 0 Å². The lowest BCUT2D eigenvalue weighted by Gasteiger charge is -2.27. The highest BCUT2D eigenvalue weighted by Gasteiger charge is 2.30. The normalized spacial score (nSPS) is 13.1. The summed E-state index contributed by atoms with van der Waals surface area (Å²) in [5.41, 5.74) is 15.3. The third-order valence-corrected chi connectivity index (χ3v) is 9.83. The molecule has 2 aromatic heterocycles. The van der Waals surface area contributed by atoms with Crippen LogP contribution in [0.2, 0.25) is 0 Å². The van der Waals surface area contributed by atoms with Crippen molar-refractivity contribution in [3.8, 4) is 5.82 Å². The summed E-state index contributed by atoms with van der Waals surface area (Å²) in [4.78, 5) is 9.73. The molecule has 5 aromatic carbocycles. The summed E-state index contributed by atoms with van der Waals surface area (Å²) in [6, 6.07) is 42.4. The zero-order valence-electron chi connectivity index (χ0n) is 28.8. The van der Waals surface area contributed by atoms with E-state index in [1.165, 1.54) is 77.9 Å². The molecule has 48 heavy (non-hydrogen) atoms. The molecule has 0 fully saturated rings. The molecule has 0 radical (unpaired) electrons. The molecular formula is C44H42N4. The van der Waals surface area contributed by atoms with E-state index >= 15 is 0 Å². The van der Waals surface area contributed by atoms with E-state index in [-0.39, 0.29) is 5.41 Å². The van der Waals surface area contributed by atoms with Gasteiger partial charge >= 0.3 is 0 Å². The Hall–Kier alpha value is -5.35. The van der Waals surface area contributed by atoms with Crippen LogP contribution >= 0.6 is 0 Å². The number of aromatic nitrogens is 2. The van der Waals surface area contributed by atoms with Gasteiger partial charge in [-0.25, -0.2) is 4.98 Å². The van der Waals surface area contributed by atoms with Crippen molar-refractivity contribution < 1.29 is 0 Å². The smallest absolute Gasteiger partial charge is 0.137 e. The van der Waals surface area contributed by atoms with E-state index in [1.807, 2.05) is 12.3 Å². The predicted octanol–water partition coefficient (Wildman–Crippen LogP) is 11.2. The van der Waals surface area contributed by atoms with Gasteiger partial charge in [-0.1, -0.05) is 93.1 Å². The molecular weight excluding hydrogens is 585 g/mol. The predicted molar refractivity (Wildman–Crippen MR) is 203 cm³/mol. The molecule has 4 heteroatoms.